The first kappa shape index (κ1) is 14.5. The number of halogens is 1. The van der Waals surface area contributed by atoms with E-state index in [0.717, 1.165) is 16.7 Å². The van der Waals surface area contributed by atoms with Crippen LogP contribution in [0.15, 0.2) is 30.7 Å². The van der Waals surface area contributed by atoms with Gasteiger partial charge in [-0.1, -0.05) is 11.6 Å². The van der Waals surface area contributed by atoms with Gasteiger partial charge in [-0.2, -0.15) is 0 Å². The summed E-state index contributed by atoms with van der Waals surface area (Å²) in [4.78, 5) is 8.35. The number of hydrogen-bond donors (Lipinski definition) is 0. The summed E-state index contributed by atoms with van der Waals surface area (Å²) in [7, 11) is 4.72. The second-order valence-corrected chi connectivity index (χ2v) is 4.88. The van der Waals surface area contributed by atoms with Crippen molar-refractivity contribution in [3.05, 3.63) is 35.9 Å². The molecular formula is C15H14ClN3O3. The van der Waals surface area contributed by atoms with E-state index in [1.807, 2.05) is 16.7 Å². The minimum Gasteiger partial charge on any atom is -0.493 e. The van der Waals surface area contributed by atoms with Crippen molar-refractivity contribution in [1.29, 1.82) is 0 Å². The number of pyridine rings is 1. The molecule has 0 unspecified atom stereocenters. The van der Waals surface area contributed by atoms with Gasteiger partial charge in [-0.05, 0) is 0 Å². The summed E-state index contributed by atoms with van der Waals surface area (Å²) in [6, 6.07) is 5.45. The zero-order valence-corrected chi connectivity index (χ0v) is 13.1. The third-order valence-corrected chi connectivity index (χ3v) is 3.53. The van der Waals surface area contributed by atoms with Crippen LogP contribution in [0.4, 0.5) is 0 Å². The first-order valence-electron chi connectivity index (χ1n) is 6.47. The molecular weight excluding hydrogens is 306 g/mol. The zero-order valence-electron chi connectivity index (χ0n) is 12.3. The molecule has 0 aliphatic heterocycles. The molecule has 0 fully saturated rings. The average Bonchev–Trinajstić information content (AvgIpc) is 2.96. The van der Waals surface area contributed by atoms with E-state index in [1.165, 1.54) is 0 Å². The molecule has 0 N–H and O–H groups in total. The van der Waals surface area contributed by atoms with Gasteiger partial charge < -0.3 is 14.2 Å². The minimum absolute atomic E-state index is 0.404. The molecule has 3 rings (SSSR count). The molecule has 0 aliphatic carbocycles. The lowest BCUT2D eigenvalue weighted by Crippen LogP contribution is -1.99. The first-order chi connectivity index (χ1) is 10.7. The molecule has 1 aromatic carbocycles. The minimum atomic E-state index is 0.404. The second kappa shape index (κ2) is 5.73. The summed E-state index contributed by atoms with van der Waals surface area (Å²) in [5.41, 5.74) is 2.41. The zero-order chi connectivity index (χ0) is 15.7. The predicted molar refractivity (Wildman–Crippen MR) is 83.5 cm³/mol. The molecule has 0 spiro atoms. The number of aromatic nitrogens is 3. The molecule has 6 nitrogen and oxygen atoms in total. The molecule has 0 atom stereocenters. The number of hydrogen-bond acceptors (Lipinski definition) is 5. The van der Waals surface area contributed by atoms with E-state index in [9.17, 15) is 0 Å². The van der Waals surface area contributed by atoms with Crippen molar-refractivity contribution in [1.82, 2.24) is 14.5 Å². The van der Waals surface area contributed by atoms with Crippen LogP contribution >= 0.6 is 11.6 Å². The number of ether oxygens (including phenoxy) is 3. The van der Waals surface area contributed by atoms with Gasteiger partial charge in [0.25, 0.3) is 0 Å². The Bertz CT molecular complexity index is 807. The molecule has 0 bridgehead atoms. The maximum absolute atomic E-state index is 5.98. The maximum Gasteiger partial charge on any atom is 0.203 e. The lowest BCUT2D eigenvalue weighted by molar-refractivity contribution is 0.324. The highest BCUT2D eigenvalue weighted by atomic mass is 35.5. The summed E-state index contributed by atoms with van der Waals surface area (Å²) in [5, 5.41) is 0.404. The van der Waals surface area contributed by atoms with E-state index in [-0.39, 0.29) is 0 Å². The Hall–Kier alpha value is -2.47. The van der Waals surface area contributed by atoms with Gasteiger partial charge in [0.05, 0.1) is 38.7 Å². The first-order valence-corrected chi connectivity index (χ1v) is 6.84. The number of nitrogens with zero attached hydrogens (tertiary/aromatic N) is 3. The van der Waals surface area contributed by atoms with Gasteiger partial charge in [0.15, 0.2) is 11.5 Å². The Labute approximate surface area is 132 Å². The van der Waals surface area contributed by atoms with Gasteiger partial charge in [-0.25, -0.2) is 9.97 Å². The molecule has 22 heavy (non-hydrogen) atoms. The van der Waals surface area contributed by atoms with E-state index in [0.29, 0.717) is 22.4 Å². The van der Waals surface area contributed by atoms with Gasteiger partial charge in [0.1, 0.15) is 17.0 Å². The van der Waals surface area contributed by atoms with Crippen LogP contribution < -0.4 is 14.2 Å². The molecule has 114 valence electrons. The van der Waals surface area contributed by atoms with Crippen LogP contribution in [0.3, 0.4) is 0 Å². The largest absolute Gasteiger partial charge is 0.493 e. The SMILES string of the molecule is COc1cc(-n2cnc3cnc(Cl)cc32)cc(OC)c1OC. The molecule has 0 radical (unpaired) electrons. The Morgan fingerprint density at radius 3 is 2.23 bits per heavy atom. The highest BCUT2D eigenvalue weighted by Crippen LogP contribution is 2.39. The van der Waals surface area contributed by atoms with Crippen LogP contribution in [-0.4, -0.2) is 35.9 Å². The lowest BCUT2D eigenvalue weighted by Gasteiger charge is -2.14. The van der Waals surface area contributed by atoms with Crippen molar-refractivity contribution in [2.75, 3.05) is 21.3 Å². The van der Waals surface area contributed by atoms with Crippen LogP contribution in [0.25, 0.3) is 16.7 Å². The smallest absolute Gasteiger partial charge is 0.203 e. The summed E-state index contributed by atoms with van der Waals surface area (Å²) < 4.78 is 18.0. The number of methoxy groups -OCH3 is 3. The lowest BCUT2D eigenvalue weighted by atomic mass is 10.2. The quantitative estimate of drug-likeness (QED) is 0.692. The number of imidazole rings is 1. The van der Waals surface area contributed by atoms with Crippen LogP contribution in [0, 0.1) is 0 Å². The Kier molecular flexibility index (Phi) is 3.77. The van der Waals surface area contributed by atoms with Crippen molar-refractivity contribution in [2.24, 2.45) is 0 Å². The van der Waals surface area contributed by atoms with Gasteiger partial charge in [-0.15, -0.1) is 0 Å². The standard InChI is InChI=1S/C15H14ClN3O3/c1-20-12-4-9(5-13(21-2)15(12)22-3)19-8-18-10-7-17-14(16)6-11(10)19/h4-8H,1-3H3. The fourth-order valence-corrected chi connectivity index (χ4v) is 2.45. The second-order valence-electron chi connectivity index (χ2n) is 4.49. The van der Waals surface area contributed by atoms with E-state index >= 15 is 0 Å². The van der Waals surface area contributed by atoms with Crippen LogP contribution in [0.2, 0.25) is 5.15 Å². The van der Waals surface area contributed by atoms with Gasteiger partial charge in [0.2, 0.25) is 5.75 Å². The number of rotatable bonds is 4. The monoisotopic (exact) mass is 319 g/mol. The maximum atomic E-state index is 5.98. The molecule has 2 heterocycles. The molecule has 2 aromatic heterocycles. The number of benzene rings is 1. The Morgan fingerprint density at radius 2 is 1.64 bits per heavy atom. The van der Waals surface area contributed by atoms with E-state index in [4.69, 9.17) is 25.8 Å². The predicted octanol–water partition coefficient (Wildman–Crippen LogP) is 3.10. The fraction of sp³-hybridized carbons (Fsp3) is 0.200. The van der Waals surface area contributed by atoms with Crippen molar-refractivity contribution < 1.29 is 14.2 Å². The van der Waals surface area contributed by atoms with Crippen molar-refractivity contribution in [2.45, 2.75) is 0 Å². The summed E-state index contributed by atoms with van der Waals surface area (Å²) in [6.07, 6.45) is 3.33. The molecule has 0 saturated carbocycles. The van der Waals surface area contributed by atoms with Crippen molar-refractivity contribution >= 4 is 22.6 Å². The van der Waals surface area contributed by atoms with E-state index in [1.54, 1.807) is 39.9 Å². The topological polar surface area (TPSA) is 58.4 Å². The summed E-state index contributed by atoms with van der Waals surface area (Å²) in [5.74, 6) is 1.68. The van der Waals surface area contributed by atoms with Crippen molar-refractivity contribution in [3.63, 3.8) is 0 Å². The third-order valence-electron chi connectivity index (χ3n) is 3.33. The molecule has 0 aliphatic rings. The van der Waals surface area contributed by atoms with E-state index < -0.39 is 0 Å². The van der Waals surface area contributed by atoms with Gasteiger partial charge >= 0.3 is 0 Å². The molecule has 7 heteroatoms. The van der Waals surface area contributed by atoms with Crippen molar-refractivity contribution in [3.8, 4) is 22.9 Å². The van der Waals surface area contributed by atoms with E-state index in [2.05, 4.69) is 9.97 Å². The van der Waals surface area contributed by atoms with Crippen LogP contribution in [0.1, 0.15) is 0 Å². The van der Waals surface area contributed by atoms with Gasteiger partial charge in [0, 0.05) is 18.2 Å². The molecule has 0 saturated heterocycles. The normalized spacial score (nSPS) is 10.7. The van der Waals surface area contributed by atoms with Crippen LogP contribution in [-0.2, 0) is 0 Å². The third kappa shape index (κ3) is 2.31. The van der Waals surface area contributed by atoms with Crippen LogP contribution in [0.5, 0.6) is 17.2 Å². The average molecular weight is 320 g/mol. The molecule has 3 aromatic rings. The number of fused-ring (bicyclic) bond motifs is 1. The Morgan fingerprint density at radius 1 is 0.955 bits per heavy atom. The summed E-state index contributed by atoms with van der Waals surface area (Å²) >= 11 is 5.98. The highest BCUT2D eigenvalue weighted by molar-refractivity contribution is 6.29. The highest BCUT2D eigenvalue weighted by Gasteiger charge is 2.15. The molecule has 0 amide bonds. The Balaban J connectivity index is 2.24. The summed E-state index contributed by atoms with van der Waals surface area (Å²) in [6.45, 7) is 0. The fourth-order valence-electron chi connectivity index (χ4n) is 2.30. The van der Waals surface area contributed by atoms with Gasteiger partial charge in [-0.3, -0.25) is 4.57 Å².